The molecule has 1 atom stereocenters. The summed E-state index contributed by atoms with van der Waals surface area (Å²) >= 11 is 0. The standard InChI is InChI=1S/C16H21F3O2/c1-15(2)9-7-11(8-10-15)14(20)12-5-3-4-6-13(12)21-16(17,18)19/h3-6,11,14,20H,7-10H2,1-2H3. The molecule has 1 aliphatic carbocycles. The van der Waals surface area contributed by atoms with Gasteiger partial charge in [-0.3, -0.25) is 0 Å². The van der Waals surface area contributed by atoms with E-state index in [1.54, 1.807) is 6.07 Å². The lowest BCUT2D eigenvalue weighted by atomic mass is 9.71. The zero-order valence-corrected chi connectivity index (χ0v) is 12.3. The van der Waals surface area contributed by atoms with E-state index in [4.69, 9.17) is 0 Å². The van der Waals surface area contributed by atoms with Gasteiger partial charge in [0.15, 0.2) is 0 Å². The van der Waals surface area contributed by atoms with Crippen LogP contribution < -0.4 is 4.74 Å². The molecule has 1 aromatic carbocycles. The number of ether oxygens (including phenoxy) is 1. The van der Waals surface area contributed by atoms with Crippen LogP contribution in [0.3, 0.4) is 0 Å². The summed E-state index contributed by atoms with van der Waals surface area (Å²) < 4.78 is 41.3. The van der Waals surface area contributed by atoms with Gasteiger partial charge in [0.2, 0.25) is 0 Å². The molecule has 21 heavy (non-hydrogen) atoms. The number of aliphatic hydroxyl groups excluding tert-OH is 1. The zero-order chi connectivity index (χ0) is 15.7. The maximum atomic E-state index is 12.4. The molecule has 118 valence electrons. The van der Waals surface area contributed by atoms with E-state index < -0.39 is 12.5 Å². The number of hydrogen-bond donors (Lipinski definition) is 1. The van der Waals surface area contributed by atoms with Crippen LogP contribution in [0.4, 0.5) is 13.2 Å². The first-order valence-corrected chi connectivity index (χ1v) is 7.21. The van der Waals surface area contributed by atoms with Crippen molar-refractivity contribution in [2.75, 3.05) is 0 Å². The van der Waals surface area contributed by atoms with Crippen LogP contribution in [0.25, 0.3) is 0 Å². The average Bonchev–Trinajstić information content (AvgIpc) is 2.37. The van der Waals surface area contributed by atoms with Crippen LogP contribution in [-0.2, 0) is 0 Å². The lowest BCUT2D eigenvalue weighted by Gasteiger charge is -2.36. The Labute approximate surface area is 122 Å². The van der Waals surface area contributed by atoms with E-state index in [2.05, 4.69) is 18.6 Å². The molecule has 1 aromatic rings. The molecule has 2 rings (SSSR count). The Hall–Kier alpha value is -1.23. The summed E-state index contributed by atoms with van der Waals surface area (Å²) in [6.45, 7) is 4.35. The predicted molar refractivity (Wildman–Crippen MR) is 73.8 cm³/mol. The third-order valence-corrected chi connectivity index (χ3v) is 4.29. The summed E-state index contributed by atoms with van der Waals surface area (Å²) in [6.07, 6.45) is -2.10. The minimum atomic E-state index is -4.75. The molecule has 0 heterocycles. The molecule has 0 bridgehead atoms. The normalized spacial score (nSPS) is 21.0. The molecule has 0 spiro atoms. The number of halogens is 3. The van der Waals surface area contributed by atoms with Gasteiger partial charge in [0.25, 0.3) is 0 Å². The fourth-order valence-electron chi connectivity index (χ4n) is 2.93. The second kappa shape index (κ2) is 5.87. The Morgan fingerprint density at radius 2 is 1.76 bits per heavy atom. The summed E-state index contributed by atoms with van der Waals surface area (Å²) in [5, 5.41) is 10.4. The highest BCUT2D eigenvalue weighted by Gasteiger charge is 2.35. The lowest BCUT2D eigenvalue weighted by molar-refractivity contribution is -0.275. The first kappa shape index (κ1) is 16.1. The van der Waals surface area contributed by atoms with Crippen molar-refractivity contribution < 1.29 is 23.0 Å². The molecule has 1 N–H and O–H groups in total. The van der Waals surface area contributed by atoms with Gasteiger partial charge in [-0.1, -0.05) is 32.0 Å². The van der Waals surface area contributed by atoms with Crippen molar-refractivity contribution in [1.82, 2.24) is 0 Å². The molecular formula is C16H21F3O2. The highest BCUT2D eigenvalue weighted by Crippen LogP contribution is 2.44. The van der Waals surface area contributed by atoms with Gasteiger partial charge in [0.1, 0.15) is 5.75 Å². The second-order valence-electron chi connectivity index (χ2n) is 6.53. The largest absolute Gasteiger partial charge is 0.573 e. The van der Waals surface area contributed by atoms with Crippen LogP contribution in [0, 0.1) is 11.3 Å². The smallest absolute Gasteiger partial charge is 0.405 e. The van der Waals surface area contributed by atoms with Gasteiger partial charge in [-0.05, 0) is 43.1 Å². The number of benzene rings is 1. The number of aliphatic hydroxyl groups is 1. The summed E-state index contributed by atoms with van der Waals surface area (Å²) in [7, 11) is 0. The van der Waals surface area contributed by atoms with Crippen molar-refractivity contribution in [3.63, 3.8) is 0 Å². The summed E-state index contributed by atoms with van der Waals surface area (Å²) in [5.41, 5.74) is 0.470. The first-order valence-electron chi connectivity index (χ1n) is 7.21. The first-order chi connectivity index (χ1) is 9.68. The van der Waals surface area contributed by atoms with Crippen molar-refractivity contribution in [1.29, 1.82) is 0 Å². The number of para-hydroxylation sites is 1. The summed E-state index contributed by atoms with van der Waals surface area (Å²) in [5.74, 6) is -0.321. The third kappa shape index (κ3) is 4.37. The Morgan fingerprint density at radius 3 is 2.33 bits per heavy atom. The van der Waals surface area contributed by atoms with E-state index in [9.17, 15) is 18.3 Å². The van der Waals surface area contributed by atoms with E-state index >= 15 is 0 Å². The van der Waals surface area contributed by atoms with Gasteiger partial charge in [0.05, 0.1) is 6.10 Å². The molecule has 1 fully saturated rings. The second-order valence-corrected chi connectivity index (χ2v) is 6.53. The van der Waals surface area contributed by atoms with Crippen LogP contribution in [0.2, 0.25) is 0 Å². The van der Waals surface area contributed by atoms with Crippen molar-refractivity contribution in [2.24, 2.45) is 11.3 Å². The van der Waals surface area contributed by atoms with Crippen LogP contribution in [0.5, 0.6) is 5.75 Å². The van der Waals surface area contributed by atoms with Crippen LogP contribution in [-0.4, -0.2) is 11.5 Å². The lowest BCUT2D eigenvalue weighted by Crippen LogP contribution is -2.26. The van der Waals surface area contributed by atoms with Gasteiger partial charge in [-0.2, -0.15) is 0 Å². The minimum absolute atomic E-state index is 0.0176. The van der Waals surface area contributed by atoms with Crippen LogP contribution in [0.1, 0.15) is 51.2 Å². The van der Waals surface area contributed by atoms with Crippen molar-refractivity contribution in [3.05, 3.63) is 29.8 Å². The fraction of sp³-hybridized carbons (Fsp3) is 0.625. The van der Waals surface area contributed by atoms with E-state index in [0.29, 0.717) is 0 Å². The number of hydrogen-bond acceptors (Lipinski definition) is 2. The molecule has 0 radical (unpaired) electrons. The zero-order valence-electron chi connectivity index (χ0n) is 12.3. The topological polar surface area (TPSA) is 29.5 Å². The Bertz CT molecular complexity index is 473. The fourth-order valence-corrected chi connectivity index (χ4v) is 2.93. The molecule has 1 saturated carbocycles. The number of rotatable bonds is 3. The van der Waals surface area contributed by atoms with Gasteiger partial charge < -0.3 is 9.84 Å². The monoisotopic (exact) mass is 302 g/mol. The van der Waals surface area contributed by atoms with Crippen molar-refractivity contribution in [3.8, 4) is 5.75 Å². The van der Waals surface area contributed by atoms with Gasteiger partial charge >= 0.3 is 6.36 Å². The maximum absolute atomic E-state index is 12.4. The van der Waals surface area contributed by atoms with E-state index in [1.165, 1.54) is 18.2 Å². The quantitative estimate of drug-likeness (QED) is 0.866. The molecule has 0 saturated heterocycles. The molecule has 0 aliphatic heterocycles. The van der Waals surface area contributed by atoms with E-state index in [0.717, 1.165) is 25.7 Å². The van der Waals surface area contributed by atoms with Gasteiger partial charge in [0, 0.05) is 5.56 Å². The molecule has 0 aromatic heterocycles. The van der Waals surface area contributed by atoms with Gasteiger partial charge in [-0.15, -0.1) is 13.2 Å². The summed E-state index contributed by atoms with van der Waals surface area (Å²) in [4.78, 5) is 0. The molecule has 0 amide bonds. The van der Waals surface area contributed by atoms with Crippen molar-refractivity contribution in [2.45, 2.75) is 52.0 Å². The minimum Gasteiger partial charge on any atom is -0.405 e. The third-order valence-electron chi connectivity index (χ3n) is 4.29. The van der Waals surface area contributed by atoms with Crippen LogP contribution in [0.15, 0.2) is 24.3 Å². The molecular weight excluding hydrogens is 281 g/mol. The van der Waals surface area contributed by atoms with E-state index in [-0.39, 0.29) is 22.6 Å². The highest BCUT2D eigenvalue weighted by atomic mass is 19.4. The SMILES string of the molecule is CC1(C)CCC(C(O)c2ccccc2OC(F)(F)F)CC1. The Kier molecular flexibility index (Phi) is 4.51. The molecule has 5 heteroatoms. The molecule has 1 unspecified atom stereocenters. The van der Waals surface area contributed by atoms with Gasteiger partial charge in [-0.25, -0.2) is 0 Å². The number of alkyl halides is 3. The molecule has 2 nitrogen and oxygen atoms in total. The maximum Gasteiger partial charge on any atom is 0.573 e. The van der Waals surface area contributed by atoms with Crippen molar-refractivity contribution >= 4 is 0 Å². The Balaban J connectivity index is 2.14. The Morgan fingerprint density at radius 1 is 1.19 bits per heavy atom. The predicted octanol–water partition coefficient (Wildman–Crippen LogP) is 4.84. The van der Waals surface area contributed by atoms with Crippen LogP contribution >= 0.6 is 0 Å². The highest BCUT2D eigenvalue weighted by molar-refractivity contribution is 5.35. The molecule has 1 aliphatic rings. The summed E-state index contributed by atoms with van der Waals surface area (Å²) in [6, 6.07) is 5.85. The average molecular weight is 302 g/mol. The van der Waals surface area contributed by atoms with E-state index in [1.807, 2.05) is 0 Å².